The molecule has 4 aromatic rings. The van der Waals surface area contributed by atoms with Crippen LogP contribution in [0.2, 0.25) is 0 Å². The van der Waals surface area contributed by atoms with Crippen molar-refractivity contribution in [2.24, 2.45) is 0 Å². The highest BCUT2D eigenvalue weighted by Crippen LogP contribution is 2.43. The Morgan fingerprint density at radius 2 is 1.82 bits per heavy atom. The van der Waals surface area contributed by atoms with Crippen LogP contribution in [0.4, 0.5) is 11.4 Å². The van der Waals surface area contributed by atoms with E-state index < -0.39 is 4.92 Å². The van der Waals surface area contributed by atoms with Gasteiger partial charge in [-0.2, -0.15) is 0 Å². The van der Waals surface area contributed by atoms with Crippen LogP contribution in [-0.2, 0) is 0 Å². The molecule has 1 saturated heterocycles. The first-order valence-electron chi connectivity index (χ1n) is 10.5. The number of furan rings is 1. The van der Waals surface area contributed by atoms with Crippen molar-refractivity contribution in [2.45, 2.75) is 12.1 Å². The number of nitro groups is 1. The molecule has 0 amide bonds. The van der Waals surface area contributed by atoms with Gasteiger partial charge in [0.2, 0.25) is 0 Å². The Hall–Kier alpha value is -4.24. The first kappa shape index (κ1) is 21.6. The summed E-state index contributed by atoms with van der Waals surface area (Å²) < 4.78 is 11.5. The molecule has 1 N–H and O–H groups in total. The SMILES string of the molecule is COc1ccc(N2C(=S)N[C@H](c3ccccn3)[C@@H]2c2ccc(-c3ccccc3[N+](=O)[O-])o2)cc1. The van der Waals surface area contributed by atoms with Crippen molar-refractivity contribution < 1.29 is 14.1 Å². The lowest BCUT2D eigenvalue weighted by Crippen LogP contribution is -2.29. The second-order valence-corrected chi connectivity index (χ2v) is 8.06. The fraction of sp³-hybridized carbons (Fsp3) is 0.120. The first-order chi connectivity index (χ1) is 16.6. The number of rotatable bonds is 6. The normalized spacial score (nSPS) is 17.4. The Labute approximate surface area is 201 Å². The lowest BCUT2D eigenvalue weighted by Gasteiger charge is -2.26. The minimum absolute atomic E-state index is 0.0169. The van der Waals surface area contributed by atoms with Gasteiger partial charge in [0.05, 0.1) is 29.3 Å². The summed E-state index contributed by atoms with van der Waals surface area (Å²) >= 11 is 5.72. The molecule has 0 spiro atoms. The van der Waals surface area contributed by atoms with Gasteiger partial charge in [0.15, 0.2) is 5.11 Å². The van der Waals surface area contributed by atoms with Crippen molar-refractivity contribution in [1.29, 1.82) is 0 Å². The zero-order valence-corrected chi connectivity index (χ0v) is 18.9. The molecule has 9 heteroatoms. The van der Waals surface area contributed by atoms with Crippen LogP contribution in [0.15, 0.2) is 89.5 Å². The zero-order chi connectivity index (χ0) is 23.7. The Bertz CT molecular complexity index is 1340. The van der Waals surface area contributed by atoms with Crippen LogP contribution >= 0.6 is 12.2 Å². The third kappa shape index (κ3) is 3.86. The monoisotopic (exact) mass is 472 g/mol. The predicted octanol–water partition coefficient (Wildman–Crippen LogP) is 5.44. The van der Waals surface area contributed by atoms with E-state index in [9.17, 15) is 10.1 Å². The molecule has 0 radical (unpaired) electrons. The average Bonchev–Trinajstić information content (AvgIpc) is 3.49. The second kappa shape index (κ2) is 8.95. The predicted molar refractivity (Wildman–Crippen MR) is 132 cm³/mol. The van der Waals surface area contributed by atoms with E-state index in [-0.39, 0.29) is 17.8 Å². The second-order valence-electron chi connectivity index (χ2n) is 7.67. The number of methoxy groups -OCH3 is 1. The number of hydrogen-bond donors (Lipinski definition) is 1. The van der Waals surface area contributed by atoms with E-state index in [2.05, 4.69) is 10.3 Å². The van der Waals surface area contributed by atoms with Gasteiger partial charge in [0.25, 0.3) is 5.69 Å². The number of benzene rings is 2. The van der Waals surface area contributed by atoms with Gasteiger partial charge in [0, 0.05) is 18.0 Å². The standard InChI is InChI=1S/C25H20N4O4S/c1-32-17-11-9-16(10-12-17)28-24(23(27-25(28)34)19-7-4-5-15-26-19)22-14-13-21(33-22)18-6-2-3-8-20(18)29(30)31/h2-15,23-24H,1H3,(H,27,34)/t23-,24+/m1/s1. The van der Waals surface area contributed by atoms with Crippen molar-refractivity contribution in [2.75, 3.05) is 12.0 Å². The molecule has 5 rings (SSSR count). The van der Waals surface area contributed by atoms with Gasteiger partial charge in [-0.05, 0) is 66.8 Å². The van der Waals surface area contributed by atoms with Crippen molar-refractivity contribution in [3.05, 3.63) is 107 Å². The van der Waals surface area contributed by atoms with Crippen LogP contribution in [-0.4, -0.2) is 22.1 Å². The summed E-state index contributed by atoms with van der Waals surface area (Å²) in [5, 5.41) is 15.4. The number of nitrogens with one attached hydrogen (secondary N) is 1. The van der Waals surface area contributed by atoms with Crippen molar-refractivity contribution in [3.63, 3.8) is 0 Å². The van der Waals surface area contributed by atoms with Crippen molar-refractivity contribution in [3.8, 4) is 17.1 Å². The van der Waals surface area contributed by atoms with Gasteiger partial charge < -0.3 is 19.4 Å². The number of para-hydroxylation sites is 1. The van der Waals surface area contributed by atoms with Crippen LogP contribution in [0.3, 0.4) is 0 Å². The van der Waals surface area contributed by atoms with Crippen LogP contribution in [0.25, 0.3) is 11.3 Å². The average molecular weight is 473 g/mol. The van der Waals surface area contributed by atoms with Crippen molar-refractivity contribution >= 4 is 28.7 Å². The largest absolute Gasteiger partial charge is 0.497 e. The first-order valence-corrected chi connectivity index (χ1v) is 11.0. The van der Waals surface area contributed by atoms with Crippen LogP contribution in [0.5, 0.6) is 5.75 Å². The molecular formula is C25H20N4O4S. The number of nitro benzene ring substituents is 1. The summed E-state index contributed by atoms with van der Waals surface area (Å²) in [5.74, 6) is 1.75. The molecule has 2 aromatic carbocycles. The maximum Gasteiger partial charge on any atom is 0.280 e. The van der Waals surface area contributed by atoms with Gasteiger partial charge in [0.1, 0.15) is 23.3 Å². The maximum absolute atomic E-state index is 11.5. The molecule has 0 aliphatic carbocycles. The van der Waals surface area contributed by atoms with Gasteiger partial charge in [-0.15, -0.1) is 0 Å². The topological polar surface area (TPSA) is 93.7 Å². The summed E-state index contributed by atoms with van der Waals surface area (Å²) in [6, 6.07) is 22.7. The van der Waals surface area contributed by atoms with Gasteiger partial charge in [-0.3, -0.25) is 15.1 Å². The number of aromatic nitrogens is 1. The number of ether oxygens (including phenoxy) is 1. The molecule has 34 heavy (non-hydrogen) atoms. The number of anilines is 1. The Morgan fingerprint density at radius 1 is 1.06 bits per heavy atom. The van der Waals surface area contributed by atoms with E-state index in [4.69, 9.17) is 21.4 Å². The molecule has 1 aliphatic rings. The minimum Gasteiger partial charge on any atom is -0.497 e. The molecule has 0 saturated carbocycles. The zero-order valence-electron chi connectivity index (χ0n) is 18.1. The van der Waals surface area contributed by atoms with E-state index in [1.807, 2.05) is 53.4 Å². The molecule has 2 aromatic heterocycles. The lowest BCUT2D eigenvalue weighted by atomic mass is 10.0. The van der Waals surface area contributed by atoms with E-state index in [0.717, 1.165) is 17.1 Å². The molecule has 1 fully saturated rings. The molecule has 1 aliphatic heterocycles. The summed E-state index contributed by atoms with van der Waals surface area (Å²) in [6.45, 7) is 0. The van der Waals surface area contributed by atoms with Gasteiger partial charge in [-0.1, -0.05) is 18.2 Å². The van der Waals surface area contributed by atoms with Crippen LogP contribution in [0.1, 0.15) is 23.5 Å². The number of nitrogens with zero attached hydrogens (tertiary/aromatic N) is 3. The highest BCUT2D eigenvalue weighted by Gasteiger charge is 2.42. The van der Waals surface area contributed by atoms with Gasteiger partial charge in [-0.25, -0.2) is 0 Å². The smallest absolute Gasteiger partial charge is 0.280 e. The summed E-state index contributed by atoms with van der Waals surface area (Å²) in [5.41, 5.74) is 2.05. The molecule has 170 valence electrons. The third-order valence-electron chi connectivity index (χ3n) is 5.73. The van der Waals surface area contributed by atoms with E-state index in [1.54, 1.807) is 37.6 Å². The van der Waals surface area contributed by atoms with E-state index in [1.165, 1.54) is 6.07 Å². The van der Waals surface area contributed by atoms with Crippen molar-refractivity contribution in [1.82, 2.24) is 10.3 Å². The molecule has 2 atom stereocenters. The Morgan fingerprint density at radius 3 is 2.53 bits per heavy atom. The summed E-state index contributed by atoms with van der Waals surface area (Å²) in [6.07, 6.45) is 1.73. The van der Waals surface area contributed by atoms with Crippen LogP contribution < -0.4 is 15.0 Å². The molecular weight excluding hydrogens is 452 g/mol. The van der Waals surface area contributed by atoms with Gasteiger partial charge >= 0.3 is 0 Å². The number of hydrogen-bond acceptors (Lipinski definition) is 6. The maximum atomic E-state index is 11.5. The quantitative estimate of drug-likeness (QED) is 0.225. The highest BCUT2D eigenvalue weighted by molar-refractivity contribution is 7.80. The molecule has 0 unspecified atom stereocenters. The third-order valence-corrected chi connectivity index (χ3v) is 6.05. The lowest BCUT2D eigenvalue weighted by molar-refractivity contribution is -0.384. The Kier molecular flexibility index (Phi) is 5.69. The number of pyridine rings is 1. The fourth-order valence-electron chi connectivity index (χ4n) is 4.16. The minimum atomic E-state index is -0.413. The molecule has 8 nitrogen and oxygen atoms in total. The fourth-order valence-corrected chi connectivity index (χ4v) is 4.51. The van der Waals surface area contributed by atoms with E-state index in [0.29, 0.717) is 22.2 Å². The van der Waals surface area contributed by atoms with Crippen LogP contribution in [0, 0.1) is 10.1 Å². The van der Waals surface area contributed by atoms with E-state index >= 15 is 0 Å². The highest BCUT2D eigenvalue weighted by atomic mass is 32.1. The summed E-state index contributed by atoms with van der Waals surface area (Å²) in [7, 11) is 1.62. The Balaban J connectivity index is 1.60. The molecule has 3 heterocycles. The molecule has 0 bridgehead atoms. The number of thiocarbonyl (C=S) groups is 1. The summed E-state index contributed by atoms with van der Waals surface area (Å²) in [4.78, 5) is 17.6.